The van der Waals surface area contributed by atoms with Gasteiger partial charge in [-0.1, -0.05) is 23.7 Å². The number of amides is 1. The SMILES string of the molecule is O=C(/C=C/c1ccc(-c2ccc(Cl)cc2)o1)Nc1ccccc1[N+](=O)[O-]. The van der Waals surface area contributed by atoms with Crippen molar-refractivity contribution in [2.24, 2.45) is 0 Å². The fraction of sp³-hybridized carbons (Fsp3) is 0. The highest BCUT2D eigenvalue weighted by molar-refractivity contribution is 6.30. The molecule has 1 amide bonds. The molecule has 2 aromatic carbocycles. The minimum Gasteiger partial charge on any atom is -0.457 e. The van der Waals surface area contributed by atoms with Crippen molar-refractivity contribution in [3.05, 3.63) is 87.6 Å². The summed E-state index contributed by atoms with van der Waals surface area (Å²) in [4.78, 5) is 22.4. The number of nitrogens with zero attached hydrogens (tertiary/aromatic N) is 1. The van der Waals surface area contributed by atoms with E-state index in [1.807, 2.05) is 12.1 Å². The molecule has 0 fully saturated rings. The Morgan fingerprint density at radius 3 is 2.54 bits per heavy atom. The fourth-order valence-corrected chi connectivity index (χ4v) is 2.41. The van der Waals surface area contributed by atoms with E-state index < -0.39 is 10.8 Å². The molecule has 0 bridgehead atoms. The van der Waals surface area contributed by atoms with E-state index in [2.05, 4.69) is 5.32 Å². The van der Waals surface area contributed by atoms with Crippen molar-refractivity contribution in [3.63, 3.8) is 0 Å². The number of benzene rings is 2. The first-order valence-electron chi connectivity index (χ1n) is 7.61. The molecular formula is C19H13ClN2O4. The summed E-state index contributed by atoms with van der Waals surface area (Å²) >= 11 is 5.86. The Balaban J connectivity index is 1.70. The van der Waals surface area contributed by atoms with Gasteiger partial charge in [0.15, 0.2) is 0 Å². The van der Waals surface area contributed by atoms with E-state index in [4.69, 9.17) is 16.0 Å². The lowest BCUT2D eigenvalue weighted by molar-refractivity contribution is -0.383. The summed E-state index contributed by atoms with van der Waals surface area (Å²) in [6, 6.07) is 16.6. The first kappa shape index (κ1) is 17.4. The lowest BCUT2D eigenvalue weighted by atomic mass is 10.2. The number of carbonyl (C=O) groups is 1. The quantitative estimate of drug-likeness (QED) is 0.383. The molecule has 26 heavy (non-hydrogen) atoms. The molecule has 1 N–H and O–H groups in total. The van der Waals surface area contributed by atoms with Gasteiger partial charge in [0, 0.05) is 22.7 Å². The number of halogens is 1. The van der Waals surface area contributed by atoms with Gasteiger partial charge in [-0.05, 0) is 48.5 Å². The summed E-state index contributed by atoms with van der Waals surface area (Å²) < 4.78 is 5.65. The van der Waals surface area contributed by atoms with Crippen LogP contribution in [0.5, 0.6) is 0 Å². The summed E-state index contributed by atoms with van der Waals surface area (Å²) in [6.07, 6.45) is 2.74. The summed E-state index contributed by atoms with van der Waals surface area (Å²) in [5.41, 5.74) is 0.823. The molecule has 3 aromatic rings. The van der Waals surface area contributed by atoms with E-state index in [-0.39, 0.29) is 11.4 Å². The van der Waals surface area contributed by atoms with Crippen LogP contribution in [-0.2, 0) is 4.79 Å². The Labute approximate surface area is 153 Å². The molecule has 0 aliphatic rings. The van der Waals surface area contributed by atoms with Gasteiger partial charge in [-0.25, -0.2) is 0 Å². The zero-order valence-corrected chi connectivity index (χ0v) is 14.1. The van der Waals surface area contributed by atoms with Crippen LogP contribution in [0.2, 0.25) is 5.02 Å². The molecule has 1 heterocycles. The van der Waals surface area contributed by atoms with Crippen molar-refractivity contribution in [1.29, 1.82) is 0 Å². The van der Waals surface area contributed by atoms with Gasteiger partial charge in [0.2, 0.25) is 5.91 Å². The van der Waals surface area contributed by atoms with Crippen LogP contribution in [0.4, 0.5) is 11.4 Å². The first-order valence-corrected chi connectivity index (χ1v) is 7.99. The maximum absolute atomic E-state index is 12.0. The Kier molecular flexibility index (Phi) is 5.15. The second-order valence-corrected chi connectivity index (χ2v) is 5.74. The highest BCUT2D eigenvalue weighted by atomic mass is 35.5. The second kappa shape index (κ2) is 7.67. The lowest BCUT2D eigenvalue weighted by Crippen LogP contribution is -2.09. The molecule has 0 radical (unpaired) electrons. The third-order valence-corrected chi connectivity index (χ3v) is 3.77. The minimum atomic E-state index is -0.551. The molecule has 0 aliphatic carbocycles. The molecule has 0 unspecified atom stereocenters. The Bertz CT molecular complexity index is 977. The van der Waals surface area contributed by atoms with Crippen LogP contribution in [0.3, 0.4) is 0 Å². The van der Waals surface area contributed by atoms with Crippen molar-refractivity contribution in [2.45, 2.75) is 0 Å². The second-order valence-electron chi connectivity index (χ2n) is 5.31. The molecule has 7 heteroatoms. The number of carbonyl (C=O) groups excluding carboxylic acids is 1. The van der Waals surface area contributed by atoms with E-state index in [0.717, 1.165) is 5.56 Å². The van der Waals surface area contributed by atoms with Gasteiger partial charge in [-0.3, -0.25) is 14.9 Å². The molecule has 1 aromatic heterocycles. The summed E-state index contributed by atoms with van der Waals surface area (Å²) in [6.45, 7) is 0. The van der Waals surface area contributed by atoms with E-state index in [1.54, 1.807) is 30.3 Å². The monoisotopic (exact) mass is 368 g/mol. The number of hydrogen-bond donors (Lipinski definition) is 1. The summed E-state index contributed by atoms with van der Waals surface area (Å²) in [7, 11) is 0. The zero-order valence-electron chi connectivity index (χ0n) is 13.4. The van der Waals surface area contributed by atoms with Gasteiger partial charge in [-0.15, -0.1) is 0 Å². The highest BCUT2D eigenvalue weighted by Crippen LogP contribution is 2.25. The average molecular weight is 369 g/mol. The smallest absolute Gasteiger partial charge is 0.292 e. The van der Waals surface area contributed by atoms with Crippen LogP contribution in [0, 0.1) is 10.1 Å². The average Bonchev–Trinajstić information content (AvgIpc) is 3.10. The molecule has 0 spiro atoms. The van der Waals surface area contributed by atoms with E-state index in [9.17, 15) is 14.9 Å². The Morgan fingerprint density at radius 1 is 1.08 bits per heavy atom. The van der Waals surface area contributed by atoms with Crippen molar-refractivity contribution < 1.29 is 14.1 Å². The molecular weight excluding hydrogens is 356 g/mol. The number of rotatable bonds is 5. The van der Waals surface area contributed by atoms with Crippen molar-refractivity contribution in [3.8, 4) is 11.3 Å². The van der Waals surface area contributed by atoms with Gasteiger partial charge in [0.05, 0.1) is 4.92 Å². The fourth-order valence-electron chi connectivity index (χ4n) is 2.28. The number of nitro benzene ring substituents is 1. The van der Waals surface area contributed by atoms with Crippen LogP contribution >= 0.6 is 11.6 Å². The number of hydrogen-bond acceptors (Lipinski definition) is 4. The Morgan fingerprint density at radius 2 is 1.81 bits per heavy atom. The van der Waals surface area contributed by atoms with Gasteiger partial charge in [0.1, 0.15) is 17.2 Å². The summed E-state index contributed by atoms with van der Waals surface area (Å²) in [5.74, 6) is 0.622. The number of para-hydroxylation sites is 2. The topological polar surface area (TPSA) is 85.4 Å². The van der Waals surface area contributed by atoms with Crippen LogP contribution in [0.1, 0.15) is 5.76 Å². The van der Waals surface area contributed by atoms with E-state index in [0.29, 0.717) is 16.5 Å². The highest BCUT2D eigenvalue weighted by Gasteiger charge is 2.13. The number of anilines is 1. The van der Waals surface area contributed by atoms with Crippen LogP contribution in [-0.4, -0.2) is 10.8 Å². The standard InChI is InChI=1S/C19H13ClN2O4/c20-14-7-5-13(6-8-14)18-11-9-15(26-18)10-12-19(23)21-16-3-1-2-4-17(16)22(24)25/h1-12H,(H,21,23)/b12-10+. The van der Waals surface area contributed by atoms with Crippen molar-refractivity contribution in [2.75, 3.05) is 5.32 Å². The molecule has 3 rings (SSSR count). The van der Waals surface area contributed by atoms with Gasteiger partial charge >= 0.3 is 0 Å². The predicted molar refractivity (Wildman–Crippen MR) is 99.9 cm³/mol. The van der Waals surface area contributed by atoms with Gasteiger partial charge < -0.3 is 9.73 Å². The lowest BCUT2D eigenvalue weighted by Gasteiger charge is -2.02. The maximum atomic E-state index is 12.0. The number of nitrogens with one attached hydrogen (secondary N) is 1. The van der Waals surface area contributed by atoms with Crippen LogP contribution in [0.15, 0.2) is 71.2 Å². The van der Waals surface area contributed by atoms with E-state index >= 15 is 0 Å². The number of furan rings is 1. The number of nitro groups is 1. The molecule has 0 saturated carbocycles. The third-order valence-electron chi connectivity index (χ3n) is 3.51. The molecule has 6 nitrogen and oxygen atoms in total. The minimum absolute atomic E-state index is 0.133. The van der Waals surface area contributed by atoms with E-state index in [1.165, 1.54) is 30.4 Å². The van der Waals surface area contributed by atoms with Crippen LogP contribution < -0.4 is 5.32 Å². The first-order chi connectivity index (χ1) is 12.5. The molecule has 130 valence electrons. The maximum Gasteiger partial charge on any atom is 0.292 e. The van der Waals surface area contributed by atoms with Gasteiger partial charge in [0.25, 0.3) is 5.69 Å². The van der Waals surface area contributed by atoms with Crippen molar-refractivity contribution in [1.82, 2.24) is 0 Å². The Hall–Kier alpha value is -3.38. The normalized spacial score (nSPS) is 10.8. The zero-order chi connectivity index (χ0) is 18.5. The molecule has 0 aliphatic heterocycles. The summed E-state index contributed by atoms with van der Waals surface area (Å²) in [5, 5.41) is 14.1. The predicted octanol–water partition coefficient (Wildman–Crippen LogP) is 5.16. The third kappa shape index (κ3) is 4.17. The largest absolute Gasteiger partial charge is 0.457 e. The van der Waals surface area contributed by atoms with Crippen molar-refractivity contribution >= 4 is 35.0 Å². The molecule has 0 saturated heterocycles. The van der Waals surface area contributed by atoms with Gasteiger partial charge in [-0.2, -0.15) is 0 Å². The van der Waals surface area contributed by atoms with Crippen LogP contribution in [0.25, 0.3) is 17.4 Å². The molecule has 0 atom stereocenters.